The van der Waals surface area contributed by atoms with Gasteiger partial charge in [-0.25, -0.2) is 0 Å². The maximum Gasteiger partial charge on any atom is 0.241 e. The lowest BCUT2D eigenvalue weighted by Crippen LogP contribution is -2.52. The van der Waals surface area contributed by atoms with E-state index in [1.807, 2.05) is 30.3 Å². The van der Waals surface area contributed by atoms with E-state index < -0.39 is 0 Å². The van der Waals surface area contributed by atoms with Crippen molar-refractivity contribution in [3.05, 3.63) is 54.6 Å². The summed E-state index contributed by atoms with van der Waals surface area (Å²) in [4.78, 5) is 20.0. The van der Waals surface area contributed by atoms with Gasteiger partial charge in [0.15, 0.2) is 0 Å². The third-order valence-electron chi connectivity index (χ3n) is 6.19. The molecule has 1 saturated heterocycles. The summed E-state index contributed by atoms with van der Waals surface area (Å²) in [7, 11) is 0. The number of anilines is 2. The summed E-state index contributed by atoms with van der Waals surface area (Å²) < 4.78 is 0. The number of para-hydroxylation sites is 1. The van der Waals surface area contributed by atoms with Gasteiger partial charge >= 0.3 is 0 Å². The molecular weight excluding hydrogens is 362 g/mol. The Labute approximate surface area is 173 Å². The Balaban J connectivity index is 1.38. The molecule has 0 spiro atoms. The summed E-state index contributed by atoms with van der Waals surface area (Å²) in [6, 6.07) is 17.9. The standard InChI is InChI=1S/C24H31N3O2/c28-23-13-11-20(12-14-23)26-17-15-25(16-18-26)19-24(29)27(21-7-3-1-4-8-21)22-9-5-2-6-10-22/h1,3-4,7-8,11-14,22,28H,2,5-6,9-10,15-19H2. The van der Waals surface area contributed by atoms with Gasteiger partial charge in [0.2, 0.25) is 5.91 Å². The van der Waals surface area contributed by atoms with Gasteiger partial charge in [-0.05, 0) is 49.2 Å². The molecule has 2 aromatic rings. The zero-order valence-corrected chi connectivity index (χ0v) is 17.0. The molecule has 0 unspecified atom stereocenters. The first kappa shape index (κ1) is 19.8. The van der Waals surface area contributed by atoms with Gasteiger partial charge in [0, 0.05) is 43.6 Å². The number of hydrogen-bond donors (Lipinski definition) is 1. The maximum atomic E-state index is 13.3. The number of piperazine rings is 1. The summed E-state index contributed by atoms with van der Waals surface area (Å²) in [6.45, 7) is 4.02. The van der Waals surface area contributed by atoms with E-state index in [9.17, 15) is 9.90 Å². The van der Waals surface area contributed by atoms with Gasteiger partial charge in [0.05, 0.1) is 6.54 Å². The maximum absolute atomic E-state index is 13.3. The van der Waals surface area contributed by atoms with Crippen LogP contribution < -0.4 is 9.80 Å². The van der Waals surface area contributed by atoms with Crippen LogP contribution in [0.15, 0.2) is 54.6 Å². The molecule has 0 aromatic heterocycles. The second kappa shape index (κ2) is 9.31. The SMILES string of the molecule is O=C(CN1CCN(c2ccc(O)cc2)CC1)N(c1ccccc1)C1CCCCC1. The lowest BCUT2D eigenvalue weighted by Gasteiger charge is -2.39. The number of benzene rings is 2. The first-order chi connectivity index (χ1) is 14.2. The van der Waals surface area contributed by atoms with Crippen molar-refractivity contribution in [3.63, 3.8) is 0 Å². The molecule has 5 heteroatoms. The fourth-order valence-corrected chi connectivity index (χ4v) is 4.58. The van der Waals surface area contributed by atoms with Crippen molar-refractivity contribution in [1.82, 2.24) is 4.90 Å². The second-order valence-electron chi connectivity index (χ2n) is 8.17. The highest BCUT2D eigenvalue weighted by Crippen LogP contribution is 2.28. The lowest BCUT2D eigenvalue weighted by molar-refractivity contribution is -0.120. The van der Waals surface area contributed by atoms with Crippen LogP contribution in [-0.4, -0.2) is 54.7 Å². The minimum Gasteiger partial charge on any atom is -0.508 e. The van der Waals surface area contributed by atoms with Crippen molar-refractivity contribution in [3.8, 4) is 5.75 Å². The molecule has 0 radical (unpaired) electrons. The van der Waals surface area contributed by atoms with Crippen LogP contribution in [0.3, 0.4) is 0 Å². The molecule has 4 rings (SSSR count). The zero-order valence-electron chi connectivity index (χ0n) is 17.0. The van der Waals surface area contributed by atoms with Crippen LogP contribution >= 0.6 is 0 Å². The molecule has 2 aliphatic rings. The van der Waals surface area contributed by atoms with Gasteiger partial charge in [0.25, 0.3) is 0 Å². The summed E-state index contributed by atoms with van der Waals surface area (Å²) in [6.07, 6.45) is 5.93. The normalized spacial score (nSPS) is 18.6. The Morgan fingerprint density at radius 2 is 1.55 bits per heavy atom. The summed E-state index contributed by atoms with van der Waals surface area (Å²) in [5.74, 6) is 0.517. The summed E-state index contributed by atoms with van der Waals surface area (Å²) >= 11 is 0. The number of nitrogens with zero attached hydrogens (tertiary/aromatic N) is 3. The molecule has 1 N–H and O–H groups in total. The van der Waals surface area contributed by atoms with Crippen LogP contribution in [0.1, 0.15) is 32.1 Å². The summed E-state index contributed by atoms with van der Waals surface area (Å²) in [5.41, 5.74) is 2.16. The number of amides is 1. The van der Waals surface area contributed by atoms with E-state index in [0.717, 1.165) is 50.4 Å². The smallest absolute Gasteiger partial charge is 0.241 e. The number of hydrogen-bond acceptors (Lipinski definition) is 4. The molecule has 5 nitrogen and oxygen atoms in total. The molecule has 0 bridgehead atoms. The van der Waals surface area contributed by atoms with Crippen molar-refractivity contribution in [1.29, 1.82) is 0 Å². The highest BCUT2D eigenvalue weighted by molar-refractivity contribution is 5.95. The van der Waals surface area contributed by atoms with Crippen LogP contribution in [0.5, 0.6) is 5.75 Å². The molecule has 29 heavy (non-hydrogen) atoms. The van der Waals surface area contributed by atoms with E-state index in [4.69, 9.17) is 0 Å². The van der Waals surface area contributed by atoms with Crippen LogP contribution in [-0.2, 0) is 4.79 Å². The van der Waals surface area contributed by atoms with Gasteiger partial charge in [-0.15, -0.1) is 0 Å². The van der Waals surface area contributed by atoms with E-state index in [1.165, 1.54) is 19.3 Å². The minimum absolute atomic E-state index is 0.223. The minimum atomic E-state index is 0.223. The highest BCUT2D eigenvalue weighted by atomic mass is 16.3. The molecule has 1 aliphatic carbocycles. The number of carbonyl (C=O) groups is 1. The zero-order chi connectivity index (χ0) is 20.1. The van der Waals surface area contributed by atoms with Gasteiger partial charge in [-0.3, -0.25) is 9.69 Å². The Morgan fingerprint density at radius 1 is 0.897 bits per heavy atom. The fraction of sp³-hybridized carbons (Fsp3) is 0.458. The molecule has 154 valence electrons. The van der Waals surface area contributed by atoms with Gasteiger partial charge < -0.3 is 14.9 Å². The molecule has 1 amide bonds. The Bertz CT molecular complexity index is 780. The molecule has 0 atom stereocenters. The van der Waals surface area contributed by atoms with Crippen molar-refractivity contribution < 1.29 is 9.90 Å². The van der Waals surface area contributed by atoms with Crippen LogP contribution in [0.25, 0.3) is 0 Å². The largest absolute Gasteiger partial charge is 0.508 e. The van der Waals surface area contributed by atoms with Gasteiger partial charge in [-0.1, -0.05) is 37.5 Å². The molecule has 1 saturated carbocycles. The predicted molar refractivity (Wildman–Crippen MR) is 118 cm³/mol. The first-order valence-corrected chi connectivity index (χ1v) is 10.8. The Kier molecular flexibility index (Phi) is 6.35. The van der Waals surface area contributed by atoms with Gasteiger partial charge in [0.1, 0.15) is 5.75 Å². The lowest BCUT2D eigenvalue weighted by atomic mass is 9.93. The van der Waals surface area contributed by atoms with Crippen molar-refractivity contribution in [2.45, 2.75) is 38.1 Å². The predicted octanol–water partition coefficient (Wildman–Crippen LogP) is 3.88. The highest BCUT2D eigenvalue weighted by Gasteiger charge is 2.29. The number of carbonyl (C=O) groups excluding carboxylic acids is 1. The van der Waals surface area contributed by atoms with Crippen LogP contribution in [0.4, 0.5) is 11.4 Å². The van der Waals surface area contributed by atoms with Crippen LogP contribution in [0, 0.1) is 0 Å². The summed E-state index contributed by atoms with van der Waals surface area (Å²) in [5, 5.41) is 9.48. The average molecular weight is 394 g/mol. The number of phenols is 1. The second-order valence-corrected chi connectivity index (χ2v) is 8.17. The first-order valence-electron chi connectivity index (χ1n) is 10.8. The molecular formula is C24H31N3O2. The van der Waals surface area contributed by atoms with E-state index in [-0.39, 0.29) is 5.91 Å². The average Bonchev–Trinajstić information content (AvgIpc) is 2.77. The van der Waals surface area contributed by atoms with E-state index in [0.29, 0.717) is 18.3 Å². The van der Waals surface area contributed by atoms with Crippen molar-refractivity contribution in [2.24, 2.45) is 0 Å². The van der Waals surface area contributed by atoms with Gasteiger partial charge in [-0.2, -0.15) is 0 Å². The molecule has 2 fully saturated rings. The third kappa shape index (κ3) is 4.91. The van der Waals surface area contributed by atoms with Crippen molar-refractivity contribution in [2.75, 3.05) is 42.5 Å². The number of rotatable bonds is 5. The van der Waals surface area contributed by atoms with Crippen LogP contribution in [0.2, 0.25) is 0 Å². The molecule has 2 aromatic carbocycles. The monoisotopic (exact) mass is 393 g/mol. The van der Waals surface area contributed by atoms with E-state index in [1.54, 1.807) is 12.1 Å². The number of aromatic hydroxyl groups is 1. The topological polar surface area (TPSA) is 47.0 Å². The van der Waals surface area contributed by atoms with E-state index >= 15 is 0 Å². The Hall–Kier alpha value is -2.53. The number of phenolic OH excluding ortho intramolecular Hbond substituents is 1. The molecule has 1 aliphatic heterocycles. The fourth-order valence-electron chi connectivity index (χ4n) is 4.58. The quantitative estimate of drug-likeness (QED) is 0.837. The molecule has 1 heterocycles. The third-order valence-corrected chi connectivity index (χ3v) is 6.19. The van der Waals surface area contributed by atoms with Crippen molar-refractivity contribution >= 4 is 17.3 Å². The van der Waals surface area contributed by atoms with E-state index in [2.05, 4.69) is 26.8 Å². The Morgan fingerprint density at radius 3 is 2.21 bits per heavy atom.